The van der Waals surface area contributed by atoms with Gasteiger partial charge in [0.25, 0.3) is 5.91 Å². The van der Waals surface area contributed by atoms with Crippen LogP contribution in [-0.2, 0) is 10.0 Å². The summed E-state index contributed by atoms with van der Waals surface area (Å²) >= 11 is 6.91. The van der Waals surface area contributed by atoms with E-state index in [0.29, 0.717) is 23.7 Å². The third-order valence-corrected chi connectivity index (χ3v) is 8.16. The molecule has 2 aromatic carbocycles. The van der Waals surface area contributed by atoms with Gasteiger partial charge in [-0.2, -0.15) is 4.31 Å². The third-order valence-electron chi connectivity index (χ3n) is 4.93. The Bertz CT molecular complexity index is 1200. The normalized spacial score (nSPS) is 17.4. The highest BCUT2D eigenvalue weighted by molar-refractivity contribution is 7.89. The molecule has 1 fully saturated rings. The number of hydrogen-bond donors (Lipinski definition) is 1. The molecule has 1 N–H and O–H groups in total. The molecule has 0 bridgehead atoms. The number of sulfonamides is 1. The van der Waals surface area contributed by atoms with Gasteiger partial charge in [-0.1, -0.05) is 41.1 Å². The van der Waals surface area contributed by atoms with Crippen LogP contribution in [0.25, 0.3) is 0 Å². The Hall–Kier alpha value is -2.40. The molecule has 4 rings (SSSR count). The summed E-state index contributed by atoms with van der Waals surface area (Å²) in [5, 5.41) is 11.5. The van der Waals surface area contributed by atoms with E-state index in [1.807, 2.05) is 18.2 Å². The van der Waals surface area contributed by atoms with Crippen LogP contribution in [0, 0.1) is 5.82 Å². The largest absolute Gasteiger partial charge is 0.320 e. The number of para-hydroxylation sites is 1. The fourth-order valence-corrected chi connectivity index (χ4v) is 6.01. The number of piperidine rings is 1. The molecule has 31 heavy (non-hydrogen) atoms. The zero-order chi connectivity index (χ0) is 22.0. The quantitative estimate of drug-likeness (QED) is 0.592. The fraction of sp³-hybridized carbons (Fsp3) is 0.250. The first-order valence-electron chi connectivity index (χ1n) is 9.49. The molecule has 0 radical (unpaired) electrons. The number of amides is 1. The zero-order valence-corrected chi connectivity index (χ0v) is 18.6. The van der Waals surface area contributed by atoms with E-state index < -0.39 is 15.8 Å². The standard InChI is InChI=1S/C20H18ClFN4O3S2/c21-16-11-15(8-9-17(16)22)31(28,29)26-10-4-5-13(12-26)19-24-25-20(30-19)18(27)23-14-6-2-1-3-7-14/h1-3,6-9,11,13H,4-5,10,12H2,(H,23,27)/t13-/m1/s1. The van der Waals surface area contributed by atoms with Gasteiger partial charge in [-0.05, 0) is 43.2 Å². The number of carbonyl (C=O) groups is 1. The maximum atomic E-state index is 13.4. The van der Waals surface area contributed by atoms with Gasteiger partial charge in [-0.15, -0.1) is 10.2 Å². The van der Waals surface area contributed by atoms with Gasteiger partial charge in [0, 0.05) is 24.7 Å². The number of carbonyl (C=O) groups excluding carboxylic acids is 1. The smallest absolute Gasteiger partial charge is 0.286 e. The monoisotopic (exact) mass is 480 g/mol. The maximum Gasteiger partial charge on any atom is 0.286 e. The predicted molar refractivity (Wildman–Crippen MR) is 116 cm³/mol. The van der Waals surface area contributed by atoms with E-state index in [1.165, 1.54) is 10.4 Å². The van der Waals surface area contributed by atoms with E-state index in [-0.39, 0.29) is 33.3 Å². The molecule has 1 amide bonds. The van der Waals surface area contributed by atoms with Crippen LogP contribution >= 0.6 is 22.9 Å². The van der Waals surface area contributed by atoms with Crippen molar-refractivity contribution in [3.05, 3.63) is 69.4 Å². The van der Waals surface area contributed by atoms with E-state index in [4.69, 9.17) is 11.6 Å². The number of nitrogens with zero attached hydrogens (tertiary/aromatic N) is 3. The van der Waals surface area contributed by atoms with Crippen molar-refractivity contribution in [1.29, 1.82) is 0 Å². The summed E-state index contributed by atoms with van der Waals surface area (Å²) in [6, 6.07) is 12.4. The number of benzene rings is 2. The Morgan fingerprint density at radius 1 is 1.19 bits per heavy atom. The van der Waals surface area contributed by atoms with Gasteiger partial charge in [0.05, 0.1) is 9.92 Å². The first kappa shape index (κ1) is 21.8. The summed E-state index contributed by atoms with van der Waals surface area (Å²) < 4.78 is 40.8. The van der Waals surface area contributed by atoms with Crippen LogP contribution in [-0.4, -0.2) is 41.9 Å². The van der Waals surface area contributed by atoms with E-state index in [0.717, 1.165) is 29.9 Å². The molecule has 0 aliphatic carbocycles. The molecule has 1 aliphatic rings. The molecule has 0 unspecified atom stereocenters. The highest BCUT2D eigenvalue weighted by atomic mass is 35.5. The van der Waals surface area contributed by atoms with Gasteiger partial charge in [0.2, 0.25) is 15.0 Å². The van der Waals surface area contributed by atoms with Gasteiger partial charge in [-0.3, -0.25) is 4.79 Å². The van der Waals surface area contributed by atoms with Crippen molar-refractivity contribution in [3.63, 3.8) is 0 Å². The number of nitrogens with one attached hydrogen (secondary N) is 1. The first-order valence-corrected chi connectivity index (χ1v) is 12.1. The van der Waals surface area contributed by atoms with Crippen molar-refractivity contribution in [2.24, 2.45) is 0 Å². The SMILES string of the molecule is O=C(Nc1ccccc1)c1nnc([C@@H]2CCCN(S(=O)(=O)c3ccc(F)c(Cl)c3)C2)s1. The molecular formula is C20H18ClFN4O3S2. The van der Waals surface area contributed by atoms with Crippen molar-refractivity contribution >= 4 is 44.6 Å². The highest BCUT2D eigenvalue weighted by Crippen LogP contribution is 2.32. The minimum absolute atomic E-state index is 0.0558. The Morgan fingerprint density at radius 2 is 1.97 bits per heavy atom. The van der Waals surface area contributed by atoms with Crippen LogP contribution in [0.4, 0.5) is 10.1 Å². The van der Waals surface area contributed by atoms with Crippen LogP contribution in [0.5, 0.6) is 0 Å². The number of hydrogen-bond acceptors (Lipinski definition) is 6. The Balaban J connectivity index is 1.49. The second-order valence-corrected chi connectivity index (χ2v) is 10.4. The third kappa shape index (κ3) is 4.77. The van der Waals surface area contributed by atoms with Crippen molar-refractivity contribution in [2.45, 2.75) is 23.7 Å². The highest BCUT2D eigenvalue weighted by Gasteiger charge is 2.33. The van der Waals surface area contributed by atoms with Gasteiger partial charge in [0.1, 0.15) is 10.8 Å². The van der Waals surface area contributed by atoms with Crippen LogP contribution in [0.2, 0.25) is 5.02 Å². The molecular weight excluding hydrogens is 463 g/mol. The molecule has 3 aromatic rings. The van der Waals surface area contributed by atoms with Crippen LogP contribution in [0.1, 0.15) is 33.6 Å². The molecule has 1 saturated heterocycles. The lowest BCUT2D eigenvalue weighted by Gasteiger charge is -2.30. The molecule has 1 aromatic heterocycles. The lowest BCUT2D eigenvalue weighted by Crippen LogP contribution is -2.39. The number of halogens is 2. The number of anilines is 1. The van der Waals surface area contributed by atoms with Crippen molar-refractivity contribution < 1.29 is 17.6 Å². The van der Waals surface area contributed by atoms with Gasteiger partial charge in [-0.25, -0.2) is 12.8 Å². The van der Waals surface area contributed by atoms with Crippen molar-refractivity contribution in [1.82, 2.24) is 14.5 Å². The molecule has 0 spiro atoms. The van der Waals surface area contributed by atoms with Gasteiger partial charge < -0.3 is 5.32 Å². The fourth-order valence-electron chi connectivity index (χ4n) is 3.35. The van der Waals surface area contributed by atoms with E-state index in [2.05, 4.69) is 15.5 Å². The lowest BCUT2D eigenvalue weighted by atomic mass is 10.0. The molecule has 1 atom stereocenters. The van der Waals surface area contributed by atoms with E-state index in [1.54, 1.807) is 12.1 Å². The predicted octanol–water partition coefficient (Wildman–Crippen LogP) is 4.15. The Kier molecular flexibility index (Phi) is 6.33. The zero-order valence-electron chi connectivity index (χ0n) is 16.2. The average molecular weight is 481 g/mol. The first-order chi connectivity index (χ1) is 14.8. The summed E-state index contributed by atoms with van der Waals surface area (Å²) in [6.07, 6.45) is 1.36. The van der Waals surface area contributed by atoms with E-state index >= 15 is 0 Å². The summed E-state index contributed by atoms with van der Waals surface area (Å²) in [6.45, 7) is 0.542. The molecule has 2 heterocycles. The second kappa shape index (κ2) is 8.99. The molecule has 11 heteroatoms. The summed E-state index contributed by atoms with van der Waals surface area (Å²) in [5.74, 6) is -1.22. The summed E-state index contributed by atoms with van der Waals surface area (Å²) in [5.41, 5.74) is 0.650. The Labute approximate surface area is 187 Å². The topological polar surface area (TPSA) is 92.3 Å². The summed E-state index contributed by atoms with van der Waals surface area (Å²) in [7, 11) is -3.83. The molecule has 7 nitrogen and oxygen atoms in total. The average Bonchev–Trinajstić information content (AvgIpc) is 3.27. The molecule has 162 valence electrons. The number of rotatable bonds is 5. The minimum atomic E-state index is -3.83. The Morgan fingerprint density at radius 3 is 2.71 bits per heavy atom. The second-order valence-electron chi connectivity index (χ2n) is 7.04. The molecule has 0 saturated carbocycles. The van der Waals surface area contributed by atoms with Crippen LogP contribution in [0.15, 0.2) is 53.4 Å². The van der Waals surface area contributed by atoms with Crippen molar-refractivity contribution in [3.8, 4) is 0 Å². The van der Waals surface area contributed by atoms with Gasteiger partial charge >= 0.3 is 0 Å². The van der Waals surface area contributed by atoms with Gasteiger partial charge in [0.15, 0.2) is 0 Å². The number of aromatic nitrogens is 2. The van der Waals surface area contributed by atoms with Crippen LogP contribution in [0.3, 0.4) is 0 Å². The van der Waals surface area contributed by atoms with Crippen molar-refractivity contribution in [2.75, 3.05) is 18.4 Å². The maximum absolute atomic E-state index is 13.4. The minimum Gasteiger partial charge on any atom is -0.320 e. The summed E-state index contributed by atoms with van der Waals surface area (Å²) in [4.78, 5) is 12.4. The lowest BCUT2D eigenvalue weighted by molar-refractivity contribution is 0.102. The molecule has 1 aliphatic heterocycles. The van der Waals surface area contributed by atoms with E-state index in [9.17, 15) is 17.6 Å². The van der Waals surface area contributed by atoms with Crippen LogP contribution < -0.4 is 5.32 Å².